The Labute approximate surface area is 52.7 Å². The molecule has 5 heteroatoms. The molecular weight excluding hydrogens is 120 g/mol. The maximum Gasteiger partial charge on any atom is 0.304 e. The molecule has 0 aliphatic carbocycles. The second-order valence-electron chi connectivity index (χ2n) is 1.79. The van der Waals surface area contributed by atoms with Gasteiger partial charge in [0.15, 0.2) is 6.17 Å². The van der Waals surface area contributed by atoms with E-state index in [2.05, 4.69) is 15.7 Å². The minimum absolute atomic E-state index is 0.236. The quantitative estimate of drug-likeness (QED) is 0.511. The van der Waals surface area contributed by atoms with E-state index in [1.54, 1.807) is 14.1 Å². The fourth-order valence-corrected chi connectivity index (χ4v) is 0.691. The van der Waals surface area contributed by atoms with Crippen molar-refractivity contribution in [2.24, 2.45) is 10.3 Å². The van der Waals surface area contributed by atoms with Crippen LogP contribution in [0.1, 0.15) is 0 Å². The highest BCUT2D eigenvalue weighted by atomic mass is 16.2. The smallest absolute Gasteiger partial charge is 0.291 e. The number of nitrogens with one attached hydrogen (secondary N) is 1. The molecule has 0 aromatic heterocycles. The molecule has 1 unspecified atom stereocenters. The Bertz CT molecular complexity index is 155. The molecule has 0 saturated carbocycles. The van der Waals surface area contributed by atoms with Crippen LogP contribution in [0.4, 0.5) is 0 Å². The molecule has 0 fully saturated rings. The Kier molecular flexibility index (Phi) is 1.44. The molecule has 50 valence electrons. The summed E-state index contributed by atoms with van der Waals surface area (Å²) in [5.74, 6) is -0.236. The zero-order valence-electron chi connectivity index (χ0n) is 5.33. The molecule has 0 saturated heterocycles. The van der Waals surface area contributed by atoms with Crippen molar-refractivity contribution in [1.29, 1.82) is 0 Å². The summed E-state index contributed by atoms with van der Waals surface area (Å²) in [5, 5.41) is 11.1. The van der Waals surface area contributed by atoms with E-state index in [1.807, 2.05) is 0 Å². The summed E-state index contributed by atoms with van der Waals surface area (Å²) in [7, 11) is 3.38. The van der Waals surface area contributed by atoms with Crippen molar-refractivity contribution >= 4 is 5.91 Å². The van der Waals surface area contributed by atoms with Crippen molar-refractivity contribution in [1.82, 2.24) is 10.3 Å². The predicted molar refractivity (Wildman–Crippen MR) is 30.5 cm³/mol. The Morgan fingerprint density at radius 1 is 1.78 bits per heavy atom. The molecule has 9 heavy (non-hydrogen) atoms. The van der Waals surface area contributed by atoms with Crippen LogP contribution in [0, 0.1) is 0 Å². The molecule has 1 aliphatic heterocycles. The second-order valence-corrected chi connectivity index (χ2v) is 1.79. The molecule has 0 aromatic carbocycles. The van der Waals surface area contributed by atoms with E-state index in [0.717, 1.165) is 0 Å². The Hall–Kier alpha value is -0.970. The van der Waals surface area contributed by atoms with Crippen LogP contribution in [0.25, 0.3) is 0 Å². The third-order valence-corrected chi connectivity index (χ3v) is 1.17. The number of nitrogens with zero attached hydrogens (tertiary/aromatic N) is 3. The van der Waals surface area contributed by atoms with Gasteiger partial charge < -0.3 is 0 Å². The summed E-state index contributed by atoms with van der Waals surface area (Å²) in [6, 6.07) is 0. The average Bonchev–Trinajstić information content (AvgIpc) is 2.12. The molecular formula is C4H8N4O. The van der Waals surface area contributed by atoms with Crippen molar-refractivity contribution in [3.63, 3.8) is 0 Å². The van der Waals surface area contributed by atoms with Crippen molar-refractivity contribution in [2.75, 3.05) is 14.1 Å². The van der Waals surface area contributed by atoms with Crippen LogP contribution in [0.15, 0.2) is 10.3 Å². The first-order valence-corrected chi connectivity index (χ1v) is 2.61. The molecule has 1 aliphatic rings. The number of carbonyl (C=O) groups is 1. The largest absolute Gasteiger partial charge is 0.304 e. The van der Waals surface area contributed by atoms with Gasteiger partial charge >= 0.3 is 5.91 Å². The molecule has 1 atom stereocenters. The van der Waals surface area contributed by atoms with E-state index in [-0.39, 0.29) is 12.1 Å². The summed E-state index contributed by atoms with van der Waals surface area (Å²) in [6.07, 6.45) is -0.356. The van der Waals surface area contributed by atoms with Crippen LogP contribution in [-0.4, -0.2) is 31.2 Å². The average molecular weight is 128 g/mol. The fourth-order valence-electron chi connectivity index (χ4n) is 0.691. The first-order valence-electron chi connectivity index (χ1n) is 2.61. The van der Waals surface area contributed by atoms with Gasteiger partial charge in [-0.15, -0.1) is 0 Å². The van der Waals surface area contributed by atoms with Gasteiger partial charge in [0.1, 0.15) is 0 Å². The maximum atomic E-state index is 10.7. The minimum atomic E-state index is -0.356. The molecule has 0 spiro atoms. The minimum Gasteiger partial charge on any atom is -0.291 e. The van der Waals surface area contributed by atoms with Crippen LogP contribution in [0.2, 0.25) is 0 Å². The lowest BCUT2D eigenvalue weighted by Gasteiger charge is -2.12. The van der Waals surface area contributed by atoms with Crippen LogP contribution in [-0.2, 0) is 4.79 Å². The number of likely N-dealkylation sites (N-methyl/N-ethyl adjacent to an activating group) is 2. The topological polar surface area (TPSA) is 57.1 Å². The fraction of sp³-hybridized carbons (Fsp3) is 0.750. The summed E-state index contributed by atoms with van der Waals surface area (Å²) < 4.78 is 0. The Morgan fingerprint density at radius 2 is 2.44 bits per heavy atom. The normalized spacial score (nSPS) is 25.8. The Morgan fingerprint density at radius 3 is 2.67 bits per heavy atom. The molecule has 0 aromatic rings. The SMILES string of the molecule is CNC1C(=O)N=NN1C. The molecule has 1 heterocycles. The molecule has 0 bridgehead atoms. The molecule has 1 rings (SSSR count). The summed E-state index contributed by atoms with van der Waals surface area (Å²) in [5.41, 5.74) is 0. The molecule has 0 radical (unpaired) electrons. The summed E-state index contributed by atoms with van der Waals surface area (Å²) in [4.78, 5) is 10.7. The summed E-state index contributed by atoms with van der Waals surface area (Å²) in [6.45, 7) is 0. The highest BCUT2D eigenvalue weighted by molar-refractivity contribution is 5.82. The van der Waals surface area contributed by atoms with E-state index in [0.29, 0.717) is 0 Å². The van der Waals surface area contributed by atoms with E-state index in [4.69, 9.17) is 0 Å². The van der Waals surface area contributed by atoms with Crippen molar-refractivity contribution in [2.45, 2.75) is 6.17 Å². The highest BCUT2D eigenvalue weighted by Gasteiger charge is 2.25. The van der Waals surface area contributed by atoms with E-state index in [9.17, 15) is 4.79 Å². The predicted octanol–water partition coefficient (Wildman–Crippen LogP) is -0.629. The number of rotatable bonds is 1. The molecule has 5 nitrogen and oxygen atoms in total. The third-order valence-electron chi connectivity index (χ3n) is 1.17. The number of amides is 1. The van der Waals surface area contributed by atoms with Gasteiger partial charge in [-0.25, -0.2) is 0 Å². The lowest BCUT2D eigenvalue weighted by atomic mass is 10.5. The van der Waals surface area contributed by atoms with Gasteiger partial charge in [0.2, 0.25) is 0 Å². The van der Waals surface area contributed by atoms with Crippen molar-refractivity contribution in [3.8, 4) is 0 Å². The number of carbonyl (C=O) groups excluding carboxylic acids is 1. The standard InChI is InChI=1S/C4H8N4O/c1-5-3-4(9)6-7-8(3)2/h3,5H,1-2H3. The second kappa shape index (κ2) is 2.10. The van der Waals surface area contributed by atoms with Crippen LogP contribution in [0.5, 0.6) is 0 Å². The number of hydrogen-bond acceptors (Lipinski definition) is 4. The van der Waals surface area contributed by atoms with Gasteiger partial charge in [-0.3, -0.25) is 15.1 Å². The van der Waals surface area contributed by atoms with Crippen molar-refractivity contribution in [3.05, 3.63) is 0 Å². The first kappa shape index (κ1) is 6.15. The molecule has 1 amide bonds. The number of hydrogen-bond donors (Lipinski definition) is 1. The zero-order chi connectivity index (χ0) is 6.85. The van der Waals surface area contributed by atoms with Crippen LogP contribution >= 0.6 is 0 Å². The van der Waals surface area contributed by atoms with Gasteiger partial charge in [-0.2, -0.15) is 0 Å². The first-order chi connectivity index (χ1) is 4.25. The zero-order valence-corrected chi connectivity index (χ0v) is 5.33. The monoisotopic (exact) mass is 128 g/mol. The van der Waals surface area contributed by atoms with Crippen LogP contribution < -0.4 is 5.32 Å². The van der Waals surface area contributed by atoms with E-state index in [1.165, 1.54) is 5.01 Å². The summed E-state index contributed by atoms with van der Waals surface area (Å²) >= 11 is 0. The van der Waals surface area contributed by atoms with E-state index >= 15 is 0 Å². The van der Waals surface area contributed by atoms with Crippen LogP contribution in [0.3, 0.4) is 0 Å². The van der Waals surface area contributed by atoms with Gasteiger partial charge in [0.25, 0.3) is 0 Å². The highest BCUT2D eigenvalue weighted by Crippen LogP contribution is 2.04. The molecule has 1 N–H and O–H groups in total. The van der Waals surface area contributed by atoms with E-state index < -0.39 is 0 Å². The van der Waals surface area contributed by atoms with Gasteiger partial charge in [0, 0.05) is 7.05 Å². The lowest BCUT2D eigenvalue weighted by molar-refractivity contribution is -0.120. The van der Waals surface area contributed by atoms with Gasteiger partial charge in [0.05, 0.1) is 0 Å². The third kappa shape index (κ3) is 0.904. The maximum absolute atomic E-state index is 10.7. The Balaban J connectivity index is 2.63. The van der Waals surface area contributed by atoms with Crippen molar-refractivity contribution < 1.29 is 4.79 Å². The van der Waals surface area contributed by atoms with Gasteiger partial charge in [-0.1, -0.05) is 10.3 Å². The lowest BCUT2D eigenvalue weighted by Crippen LogP contribution is -2.40. The van der Waals surface area contributed by atoms with Gasteiger partial charge in [-0.05, 0) is 7.05 Å².